The molecule has 12 aromatic carbocycles. The van der Waals surface area contributed by atoms with Crippen LogP contribution in [0.3, 0.4) is 0 Å². The van der Waals surface area contributed by atoms with E-state index in [1.165, 1.54) is 162 Å². The Labute approximate surface area is 526 Å². The van der Waals surface area contributed by atoms with Crippen LogP contribution < -0.4 is 19.6 Å². The SMILES string of the molecule is CC1=CCCC(N(c2ccc3c4c5c(cc3c2)Sc2c3c(cc6c2N5c2c(cc5cc(N(C7=CC(C)CC=C7)c7cccc8ccccc78)ccc5c2S6)S4)CC(N(c2cccc(C)c2)c2cccc4ccccc24)C=C3)c2cccc3ccccc23)=C1. The monoisotopic (exact) mass is 1180 g/mol. The molecule has 88 heavy (non-hydrogen) atoms. The zero-order valence-electron chi connectivity index (χ0n) is 49.2. The smallest absolute Gasteiger partial charge is 0.0749 e. The molecule has 0 spiro atoms. The number of rotatable bonds is 9. The summed E-state index contributed by atoms with van der Waals surface area (Å²) in [5, 5.41) is 12.5. The molecule has 4 nitrogen and oxygen atoms in total. The zero-order valence-corrected chi connectivity index (χ0v) is 51.6. The first kappa shape index (κ1) is 52.1. The van der Waals surface area contributed by atoms with E-state index in [9.17, 15) is 0 Å². The quantitative estimate of drug-likeness (QED) is 0.141. The molecule has 422 valence electrons. The summed E-state index contributed by atoms with van der Waals surface area (Å²) in [5.74, 6) is 0.429. The standard InChI is InChI=1S/C81H60N4S3/c1-49-16-10-25-58(40-49)82(70-31-13-22-52-19-4-7-28-64(52)70)61-34-37-67-55(43-61)46-73-76-79(67)87-74-47-56-44-63(84(60-27-12-18-51(3)42-60)72-33-15-24-54-21-6-9-30-66(54)72)36-39-69(56)81-77(74)85(76)78-75(88-81)48-57-45-62(35-38-68(57)80(78)86-73)83(59-26-11-17-50(2)41-59)71-32-14-23-53-20-5-8-29-65(53)71/h4-11,13-16,18-26,28-42,44-48,50,61H,12,17,27,43H2,1-3H3. The van der Waals surface area contributed by atoms with Gasteiger partial charge in [0.1, 0.15) is 0 Å². The summed E-state index contributed by atoms with van der Waals surface area (Å²) in [7, 11) is 0. The van der Waals surface area contributed by atoms with Gasteiger partial charge in [-0.05, 0) is 185 Å². The first-order valence-corrected chi connectivity index (χ1v) is 33.4. The first-order chi connectivity index (χ1) is 43.3. The van der Waals surface area contributed by atoms with E-state index in [-0.39, 0.29) is 6.04 Å². The van der Waals surface area contributed by atoms with Crippen molar-refractivity contribution in [3.05, 3.63) is 276 Å². The summed E-state index contributed by atoms with van der Waals surface area (Å²) in [6.45, 7) is 6.79. The molecule has 3 aliphatic carbocycles. The Morgan fingerprint density at radius 1 is 0.477 bits per heavy atom. The molecule has 2 unspecified atom stereocenters. The first-order valence-electron chi connectivity index (χ1n) is 30.9. The molecule has 3 aliphatic heterocycles. The van der Waals surface area contributed by atoms with Crippen LogP contribution in [-0.2, 0) is 6.42 Å². The predicted molar refractivity (Wildman–Crippen MR) is 377 cm³/mol. The maximum Gasteiger partial charge on any atom is 0.0749 e. The van der Waals surface area contributed by atoms with Crippen molar-refractivity contribution in [3.8, 4) is 0 Å². The molecule has 0 radical (unpaired) electrons. The van der Waals surface area contributed by atoms with Gasteiger partial charge < -0.3 is 19.6 Å². The predicted octanol–water partition coefficient (Wildman–Crippen LogP) is 23.8. The summed E-state index contributed by atoms with van der Waals surface area (Å²) in [6, 6.07) is 78.2. The number of aryl methyl sites for hydroxylation is 1. The molecule has 3 heterocycles. The van der Waals surface area contributed by atoms with Gasteiger partial charge in [0.15, 0.2) is 0 Å². The van der Waals surface area contributed by atoms with Crippen molar-refractivity contribution in [2.75, 3.05) is 19.6 Å². The van der Waals surface area contributed by atoms with E-state index < -0.39 is 0 Å². The maximum absolute atomic E-state index is 2.71. The number of nitrogens with zero attached hydrogens (tertiary/aromatic N) is 4. The molecule has 18 rings (SSSR count). The second-order valence-electron chi connectivity index (χ2n) is 24.5. The van der Waals surface area contributed by atoms with E-state index in [0.717, 1.165) is 31.4 Å². The fourth-order valence-electron chi connectivity index (χ4n) is 14.9. The van der Waals surface area contributed by atoms with Gasteiger partial charge in [0.25, 0.3) is 0 Å². The minimum Gasteiger partial charge on any atom is -0.334 e. The largest absolute Gasteiger partial charge is 0.334 e. The number of benzene rings is 12. The van der Waals surface area contributed by atoms with Gasteiger partial charge >= 0.3 is 0 Å². The van der Waals surface area contributed by atoms with Gasteiger partial charge in [-0.1, -0.05) is 212 Å². The molecule has 0 saturated heterocycles. The summed E-state index contributed by atoms with van der Waals surface area (Å²) in [5.41, 5.74) is 18.9. The topological polar surface area (TPSA) is 13.0 Å². The lowest BCUT2D eigenvalue weighted by atomic mass is 9.91. The minimum absolute atomic E-state index is 0.0725. The third-order valence-electron chi connectivity index (χ3n) is 18.8. The molecule has 0 amide bonds. The highest BCUT2D eigenvalue weighted by Gasteiger charge is 2.43. The summed E-state index contributed by atoms with van der Waals surface area (Å²) >= 11 is 5.93. The van der Waals surface area contributed by atoms with Crippen LogP contribution in [0.5, 0.6) is 0 Å². The van der Waals surface area contributed by atoms with Gasteiger partial charge in [0.05, 0.1) is 34.5 Å². The molecular formula is C81H60N4S3. The fourth-order valence-corrected chi connectivity index (χ4v) is 19.0. The second-order valence-corrected chi connectivity index (χ2v) is 27.7. The molecule has 0 fully saturated rings. The Balaban J connectivity index is 0.844. The Hall–Kier alpha value is -9.11. The molecule has 0 aromatic heterocycles. The Bertz CT molecular complexity index is 5170. The highest BCUT2D eigenvalue weighted by Crippen LogP contribution is 2.70. The van der Waals surface area contributed by atoms with Crippen molar-refractivity contribution in [1.82, 2.24) is 0 Å². The normalized spacial score (nSPS) is 16.8. The Morgan fingerprint density at radius 3 is 1.67 bits per heavy atom. The van der Waals surface area contributed by atoms with Crippen LogP contribution in [0.1, 0.15) is 49.8 Å². The zero-order chi connectivity index (χ0) is 58.3. The maximum atomic E-state index is 2.71. The lowest BCUT2D eigenvalue weighted by molar-refractivity contribution is 0.726. The van der Waals surface area contributed by atoms with E-state index in [4.69, 9.17) is 0 Å². The van der Waals surface area contributed by atoms with Crippen LogP contribution in [0.4, 0.5) is 51.2 Å². The molecule has 0 N–H and O–H groups in total. The van der Waals surface area contributed by atoms with Crippen LogP contribution in [0, 0.1) is 12.8 Å². The van der Waals surface area contributed by atoms with Gasteiger partial charge in [0.2, 0.25) is 0 Å². The molecule has 7 heteroatoms. The van der Waals surface area contributed by atoms with Crippen LogP contribution in [-0.4, -0.2) is 6.04 Å². The number of fused-ring (bicyclic) bond motifs is 9. The molecule has 2 atom stereocenters. The van der Waals surface area contributed by atoms with Crippen molar-refractivity contribution in [2.45, 2.75) is 81.9 Å². The third kappa shape index (κ3) is 8.31. The average molecular weight is 1190 g/mol. The minimum atomic E-state index is 0.0725. The van der Waals surface area contributed by atoms with E-state index >= 15 is 0 Å². The van der Waals surface area contributed by atoms with E-state index in [0.29, 0.717) is 5.92 Å². The summed E-state index contributed by atoms with van der Waals surface area (Å²) in [6.07, 6.45) is 20.8. The molecule has 0 bridgehead atoms. The fraction of sp³-hybridized carbons (Fsp3) is 0.111. The van der Waals surface area contributed by atoms with Crippen molar-refractivity contribution in [1.29, 1.82) is 0 Å². The average Bonchev–Trinajstić information content (AvgIpc) is 0.696. The van der Waals surface area contributed by atoms with Crippen LogP contribution in [0.25, 0.3) is 59.9 Å². The van der Waals surface area contributed by atoms with Gasteiger partial charge in [-0.25, -0.2) is 0 Å². The number of hydrogen-bond acceptors (Lipinski definition) is 7. The summed E-state index contributed by atoms with van der Waals surface area (Å²) < 4.78 is 0. The van der Waals surface area contributed by atoms with Crippen molar-refractivity contribution in [2.24, 2.45) is 5.92 Å². The van der Waals surface area contributed by atoms with Gasteiger partial charge in [-0.2, -0.15) is 0 Å². The highest BCUT2D eigenvalue weighted by atomic mass is 32.2. The van der Waals surface area contributed by atoms with Gasteiger partial charge in [-0.3, -0.25) is 0 Å². The van der Waals surface area contributed by atoms with Crippen LogP contribution in [0.2, 0.25) is 0 Å². The third-order valence-corrected chi connectivity index (χ3v) is 22.3. The highest BCUT2D eigenvalue weighted by molar-refractivity contribution is 8.02. The number of allylic oxidation sites excluding steroid dienone is 7. The van der Waals surface area contributed by atoms with E-state index in [2.05, 4.69) is 289 Å². The van der Waals surface area contributed by atoms with Crippen LogP contribution >= 0.6 is 35.3 Å². The molecule has 6 aliphatic rings. The van der Waals surface area contributed by atoms with Gasteiger partial charge in [-0.15, -0.1) is 0 Å². The van der Waals surface area contributed by atoms with Gasteiger partial charge in [0, 0.05) is 79.7 Å². The molecule has 0 saturated carbocycles. The second kappa shape index (κ2) is 20.5. The van der Waals surface area contributed by atoms with E-state index in [1.54, 1.807) is 0 Å². The molecule has 12 aromatic rings. The number of anilines is 9. The van der Waals surface area contributed by atoms with Crippen molar-refractivity contribution >= 4 is 146 Å². The Kier molecular flexibility index (Phi) is 12.1. The molecular weight excluding hydrogens is 1130 g/mol. The lowest BCUT2D eigenvalue weighted by Crippen LogP contribution is -2.33. The van der Waals surface area contributed by atoms with Crippen molar-refractivity contribution in [3.63, 3.8) is 0 Å². The Morgan fingerprint density at radius 2 is 1.03 bits per heavy atom. The lowest BCUT2D eigenvalue weighted by Gasteiger charge is -2.45. The van der Waals surface area contributed by atoms with Crippen molar-refractivity contribution < 1.29 is 0 Å². The van der Waals surface area contributed by atoms with Crippen LogP contribution in [0.15, 0.2) is 289 Å². The van der Waals surface area contributed by atoms with E-state index in [1.807, 2.05) is 35.3 Å². The number of hydrogen-bond donors (Lipinski definition) is 0. The summed E-state index contributed by atoms with van der Waals surface area (Å²) in [4.78, 5) is 18.3.